The Kier molecular flexibility index (Phi) is 12.8. The third kappa shape index (κ3) is 9.32. The van der Waals surface area contributed by atoms with Gasteiger partial charge in [0.05, 0.1) is 6.54 Å². The van der Waals surface area contributed by atoms with Gasteiger partial charge in [-0.05, 0) is 23.3 Å². The van der Waals surface area contributed by atoms with Crippen LogP contribution in [0.5, 0.6) is 0 Å². The topological polar surface area (TPSA) is 95.7 Å². The third-order valence-corrected chi connectivity index (χ3v) is 6.28. The number of fused-ring (bicyclic) bond motifs is 1. The number of benzene rings is 2. The Morgan fingerprint density at radius 1 is 0.829 bits per heavy atom. The van der Waals surface area contributed by atoms with E-state index in [0.717, 1.165) is 28.6 Å². The van der Waals surface area contributed by atoms with Gasteiger partial charge in [0.15, 0.2) is 0 Å². The first kappa shape index (κ1) is 28.3. The van der Waals surface area contributed by atoms with Crippen LogP contribution >= 0.6 is 0 Å². The Balaban J connectivity index is 1.80. The van der Waals surface area contributed by atoms with Gasteiger partial charge >= 0.3 is 0 Å². The Morgan fingerprint density at radius 3 is 2.09 bits per heavy atom. The molecule has 7 heteroatoms. The Bertz CT molecular complexity index is 941. The summed E-state index contributed by atoms with van der Waals surface area (Å²) in [4.78, 5) is 38.2. The molecule has 0 atom stereocenters. The molecule has 2 aromatic rings. The second-order valence-electron chi connectivity index (χ2n) is 9.04. The van der Waals surface area contributed by atoms with Crippen molar-refractivity contribution in [3.8, 4) is 0 Å². The summed E-state index contributed by atoms with van der Waals surface area (Å²) < 4.78 is 0. The number of carbonyl (C=O) groups excluding carboxylic acids is 3. The van der Waals surface area contributed by atoms with Crippen molar-refractivity contribution in [2.75, 3.05) is 26.7 Å². The van der Waals surface area contributed by atoms with E-state index in [0.29, 0.717) is 12.1 Å². The summed E-state index contributed by atoms with van der Waals surface area (Å²) in [5, 5.41) is 6.90. The summed E-state index contributed by atoms with van der Waals surface area (Å²) in [5.41, 5.74) is 6.03. The standard InChI is InChI=1S/C28H42N4O3/c1-3-4-5-6-7-8-9-10-11-14-20-30-26(33)22-32(27(34)21-29)31(2)28(35)25-19-15-17-23-16-12-13-18-24(23)25/h12-13,15-19H,3-11,14,20-22,29H2,1-2H3,(H,30,33). The summed E-state index contributed by atoms with van der Waals surface area (Å²) in [6, 6.07) is 13.0. The molecule has 0 aliphatic heterocycles. The Labute approximate surface area is 210 Å². The van der Waals surface area contributed by atoms with Crippen LogP contribution in [0.25, 0.3) is 10.8 Å². The van der Waals surface area contributed by atoms with Gasteiger partial charge in [-0.3, -0.25) is 14.4 Å². The second-order valence-corrected chi connectivity index (χ2v) is 9.04. The van der Waals surface area contributed by atoms with Crippen LogP contribution in [0.2, 0.25) is 0 Å². The minimum Gasteiger partial charge on any atom is -0.354 e. The first-order valence-corrected chi connectivity index (χ1v) is 13.0. The fourth-order valence-electron chi connectivity index (χ4n) is 4.19. The van der Waals surface area contributed by atoms with E-state index in [1.54, 1.807) is 12.1 Å². The molecule has 2 aromatic carbocycles. The summed E-state index contributed by atoms with van der Waals surface area (Å²) in [6.45, 7) is 2.25. The molecule has 0 bridgehead atoms. The zero-order valence-electron chi connectivity index (χ0n) is 21.4. The lowest BCUT2D eigenvalue weighted by atomic mass is 10.0. The molecule has 3 N–H and O–H groups in total. The average Bonchev–Trinajstić information content (AvgIpc) is 2.88. The molecule has 2 rings (SSSR count). The van der Waals surface area contributed by atoms with Crippen molar-refractivity contribution in [2.24, 2.45) is 5.73 Å². The SMILES string of the molecule is CCCCCCCCCCCCNC(=O)CN(C(=O)CN)N(C)C(=O)c1cccc2ccccc12. The molecule has 0 aromatic heterocycles. The molecule has 0 aliphatic carbocycles. The van der Waals surface area contributed by atoms with E-state index >= 15 is 0 Å². The summed E-state index contributed by atoms with van der Waals surface area (Å²) in [5.74, 6) is -1.17. The zero-order chi connectivity index (χ0) is 25.5. The lowest BCUT2D eigenvalue weighted by Gasteiger charge is -2.31. The van der Waals surface area contributed by atoms with E-state index in [1.165, 1.54) is 63.4 Å². The number of unbranched alkanes of at least 4 members (excludes halogenated alkanes) is 9. The highest BCUT2D eigenvalue weighted by atomic mass is 16.2. The van der Waals surface area contributed by atoms with Crippen molar-refractivity contribution in [2.45, 2.75) is 71.1 Å². The van der Waals surface area contributed by atoms with E-state index in [1.807, 2.05) is 30.3 Å². The molecule has 3 amide bonds. The molecule has 0 saturated carbocycles. The molecule has 35 heavy (non-hydrogen) atoms. The van der Waals surface area contributed by atoms with Crippen molar-refractivity contribution in [3.05, 3.63) is 48.0 Å². The fraction of sp³-hybridized carbons (Fsp3) is 0.536. The molecule has 192 valence electrons. The van der Waals surface area contributed by atoms with E-state index in [4.69, 9.17) is 5.73 Å². The number of hydrazine groups is 1. The molecular formula is C28H42N4O3. The maximum Gasteiger partial charge on any atom is 0.272 e. The predicted octanol–water partition coefficient (Wildman–Crippen LogP) is 4.65. The lowest BCUT2D eigenvalue weighted by molar-refractivity contribution is -0.146. The smallest absolute Gasteiger partial charge is 0.272 e. The van der Waals surface area contributed by atoms with Crippen molar-refractivity contribution in [1.29, 1.82) is 0 Å². The van der Waals surface area contributed by atoms with Gasteiger partial charge in [-0.15, -0.1) is 0 Å². The first-order chi connectivity index (χ1) is 17.0. The van der Waals surface area contributed by atoms with Gasteiger partial charge < -0.3 is 11.1 Å². The summed E-state index contributed by atoms with van der Waals surface area (Å²) in [7, 11) is 1.49. The first-order valence-electron chi connectivity index (χ1n) is 13.0. The molecule has 7 nitrogen and oxygen atoms in total. The molecule has 0 aliphatic rings. The highest BCUT2D eigenvalue weighted by Crippen LogP contribution is 2.20. The van der Waals surface area contributed by atoms with Crippen LogP contribution in [0.15, 0.2) is 42.5 Å². The van der Waals surface area contributed by atoms with Gasteiger partial charge in [0.1, 0.15) is 6.54 Å². The third-order valence-electron chi connectivity index (χ3n) is 6.28. The predicted molar refractivity (Wildman–Crippen MR) is 142 cm³/mol. The highest BCUT2D eigenvalue weighted by Gasteiger charge is 2.26. The lowest BCUT2D eigenvalue weighted by Crippen LogP contribution is -2.53. The van der Waals surface area contributed by atoms with E-state index in [2.05, 4.69) is 12.2 Å². The van der Waals surface area contributed by atoms with Crippen molar-refractivity contribution >= 4 is 28.5 Å². The Hall–Kier alpha value is -2.93. The van der Waals surface area contributed by atoms with Crippen molar-refractivity contribution < 1.29 is 14.4 Å². The number of hydrogen-bond donors (Lipinski definition) is 2. The van der Waals surface area contributed by atoms with E-state index in [-0.39, 0.29) is 24.9 Å². The molecule has 0 fully saturated rings. The number of hydrogen-bond acceptors (Lipinski definition) is 4. The largest absolute Gasteiger partial charge is 0.354 e. The van der Waals surface area contributed by atoms with Gasteiger partial charge in [-0.1, -0.05) is 101 Å². The van der Waals surface area contributed by atoms with Crippen LogP contribution in [0.3, 0.4) is 0 Å². The fourth-order valence-corrected chi connectivity index (χ4v) is 4.19. The van der Waals surface area contributed by atoms with Gasteiger partial charge in [0, 0.05) is 19.2 Å². The molecule has 0 spiro atoms. The molecule has 0 radical (unpaired) electrons. The van der Waals surface area contributed by atoms with Gasteiger partial charge in [-0.2, -0.15) is 0 Å². The number of nitrogens with zero attached hydrogens (tertiary/aromatic N) is 2. The van der Waals surface area contributed by atoms with Gasteiger partial charge in [-0.25, -0.2) is 10.0 Å². The second kappa shape index (κ2) is 15.9. The summed E-state index contributed by atoms with van der Waals surface area (Å²) in [6.07, 6.45) is 12.3. The minimum absolute atomic E-state index is 0.249. The maximum atomic E-state index is 13.2. The van der Waals surface area contributed by atoms with Crippen LogP contribution in [0.1, 0.15) is 81.5 Å². The quantitative estimate of drug-likeness (QED) is 0.285. The van der Waals surface area contributed by atoms with Crippen LogP contribution in [-0.2, 0) is 9.59 Å². The number of carbonyl (C=O) groups is 3. The molecule has 0 heterocycles. The van der Waals surface area contributed by atoms with Gasteiger partial charge in [0.2, 0.25) is 5.91 Å². The van der Waals surface area contributed by atoms with E-state index in [9.17, 15) is 14.4 Å². The highest BCUT2D eigenvalue weighted by molar-refractivity contribution is 6.07. The monoisotopic (exact) mass is 482 g/mol. The Morgan fingerprint density at radius 2 is 1.43 bits per heavy atom. The van der Waals surface area contributed by atoms with E-state index < -0.39 is 5.91 Å². The molecule has 0 saturated heterocycles. The number of rotatable bonds is 15. The van der Waals surface area contributed by atoms with Crippen LogP contribution in [0.4, 0.5) is 0 Å². The van der Waals surface area contributed by atoms with Gasteiger partial charge in [0.25, 0.3) is 11.8 Å². The minimum atomic E-state index is -0.491. The normalized spacial score (nSPS) is 10.8. The average molecular weight is 483 g/mol. The van der Waals surface area contributed by atoms with Crippen LogP contribution < -0.4 is 11.1 Å². The number of nitrogens with one attached hydrogen (secondary N) is 1. The summed E-state index contributed by atoms with van der Waals surface area (Å²) >= 11 is 0. The number of nitrogens with two attached hydrogens (primary N) is 1. The van der Waals surface area contributed by atoms with Crippen molar-refractivity contribution in [1.82, 2.24) is 15.3 Å². The van der Waals surface area contributed by atoms with Crippen molar-refractivity contribution in [3.63, 3.8) is 0 Å². The van der Waals surface area contributed by atoms with Crippen LogP contribution in [0, 0.1) is 0 Å². The molecular weight excluding hydrogens is 440 g/mol. The number of amides is 3. The molecule has 0 unspecified atom stereocenters. The maximum absolute atomic E-state index is 13.2. The zero-order valence-corrected chi connectivity index (χ0v) is 21.4. The van der Waals surface area contributed by atoms with Crippen LogP contribution in [-0.4, -0.2) is 54.4 Å².